The molecule has 132 valence electrons. The van der Waals surface area contributed by atoms with Gasteiger partial charge in [0.25, 0.3) is 0 Å². The second-order valence-corrected chi connectivity index (χ2v) is 8.98. The van der Waals surface area contributed by atoms with Gasteiger partial charge in [0.2, 0.25) is 5.91 Å². The smallest absolute Gasteiger partial charge is 0.233 e. The molecule has 0 saturated heterocycles. The van der Waals surface area contributed by atoms with E-state index in [0.717, 1.165) is 28.8 Å². The molecule has 0 unspecified atom stereocenters. The van der Waals surface area contributed by atoms with Gasteiger partial charge in [0.1, 0.15) is 11.5 Å². The van der Waals surface area contributed by atoms with Gasteiger partial charge in [-0.05, 0) is 36.5 Å². The minimum Gasteiger partial charge on any atom is -0.497 e. The van der Waals surface area contributed by atoms with Gasteiger partial charge in [-0.25, -0.2) is 4.98 Å². The van der Waals surface area contributed by atoms with E-state index in [2.05, 4.69) is 24.1 Å². The molecule has 0 radical (unpaired) electrons. The number of carbonyl (C=O) groups excluding carboxylic acids is 2. The summed E-state index contributed by atoms with van der Waals surface area (Å²) in [5.41, 5.74) is -0.544. The Bertz CT molecular complexity index is 903. The molecular weight excluding hydrogens is 336 g/mol. The Kier molecular flexibility index (Phi) is 3.33. The lowest BCUT2D eigenvalue weighted by molar-refractivity contribution is -0.131. The number of rotatable bonds is 3. The van der Waals surface area contributed by atoms with Crippen LogP contribution in [0.15, 0.2) is 18.2 Å². The predicted molar refractivity (Wildman–Crippen MR) is 98.0 cm³/mol. The number of Topliss-reactive ketones (excluding diaryl/α,β-unsaturated/α-hetero) is 1. The van der Waals surface area contributed by atoms with Gasteiger partial charge in [-0.1, -0.05) is 32.1 Å². The second kappa shape index (κ2) is 5.04. The number of nitrogens with zero attached hydrogens (tertiary/aromatic N) is 1. The highest BCUT2D eigenvalue weighted by Crippen LogP contribution is 2.70. The molecule has 2 fully saturated rings. The Balaban J connectivity index is 1.66. The van der Waals surface area contributed by atoms with E-state index in [-0.39, 0.29) is 17.1 Å². The van der Waals surface area contributed by atoms with Gasteiger partial charge in [0, 0.05) is 11.8 Å². The molecule has 2 aliphatic rings. The van der Waals surface area contributed by atoms with Crippen molar-refractivity contribution in [3.8, 4) is 5.75 Å². The van der Waals surface area contributed by atoms with E-state index in [0.29, 0.717) is 11.6 Å². The van der Waals surface area contributed by atoms with Crippen molar-refractivity contribution in [2.24, 2.45) is 16.2 Å². The maximum Gasteiger partial charge on any atom is 0.233 e. The summed E-state index contributed by atoms with van der Waals surface area (Å²) in [6.45, 7) is 6.14. The van der Waals surface area contributed by atoms with Gasteiger partial charge < -0.3 is 10.1 Å². The number of fused-ring (bicyclic) bond motifs is 3. The van der Waals surface area contributed by atoms with Crippen molar-refractivity contribution in [2.75, 3.05) is 12.4 Å². The van der Waals surface area contributed by atoms with E-state index in [1.54, 1.807) is 7.11 Å². The van der Waals surface area contributed by atoms with E-state index < -0.39 is 10.8 Å². The highest BCUT2D eigenvalue weighted by Gasteiger charge is 2.72. The third-order valence-corrected chi connectivity index (χ3v) is 7.89. The number of ketones is 1. The summed E-state index contributed by atoms with van der Waals surface area (Å²) in [7, 11) is 1.63. The zero-order chi connectivity index (χ0) is 18.0. The number of carbonyl (C=O) groups is 2. The van der Waals surface area contributed by atoms with E-state index >= 15 is 0 Å². The molecule has 2 aromatic rings. The monoisotopic (exact) mass is 358 g/mol. The Morgan fingerprint density at radius 2 is 2.04 bits per heavy atom. The van der Waals surface area contributed by atoms with Crippen molar-refractivity contribution in [1.29, 1.82) is 0 Å². The molecule has 1 N–H and O–H groups in total. The number of hydrogen-bond donors (Lipinski definition) is 1. The van der Waals surface area contributed by atoms with Gasteiger partial charge in [0.05, 0.1) is 22.7 Å². The van der Waals surface area contributed by atoms with E-state index in [9.17, 15) is 9.59 Å². The lowest BCUT2D eigenvalue weighted by atomic mass is 9.64. The van der Waals surface area contributed by atoms with Crippen LogP contribution >= 0.6 is 11.3 Å². The first-order chi connectivity index (χ1) is 11.7. The molecule has 1 amide bonds. The molecule has 2 saturated carbocycles. The zero-order valence-corrected chi connectivity index (χ0v) is 15.8. The van der Waals surface area contributed by atoms with Gasteiger partial charge >= 0.3 is 0 Å². The number of aromatic nitrogens is 1. The maximum absolute atomic E-state index is 13.2. The van der Waals surface area contributed by atoms with Gasteiger partial charge in [-0.3, -0.25) is 9.59 Å². The summed E-state index contributed by atoms with van der Waals surface area (Å²) in [6.07, 6.45) is 1.87. The molecule has 2 bridgehead atoms. The number of methoxy groups -OCH3 is 1. The van der Waals surface area contributed by atoms with Crippen LogP contribution in [0.3, 0.4) is 0 Å². The number of benzene rings is 1. The fraction of sp³-hybridized carbons (Fsp3) is 0.526. The first-order valence-electron chi connectivity index (χ1n) is 8.53. The second-order valence-electron chi connectivity index (χ2n) is 7.95. The average Bonchev–Trinajstić information content (AvgIpc) is 3.10. The third kappa shape index (κ3) is 1.97. The summed E-state index contributed by atoms with van der Waals surface area (Å²) >= 11 is 1.43. The summed E-state index contributed by atoms with van der Waals surface area (Å²) < 4.78 is 6.20. The lowest BCUT2D eigenvalue weighted by Crippen LogP contribution is -2.43. The normalized spacial score (nSPS) is 30.0. The highest BCUT2D eigenvalue weighted by molar-refractivity contribution is 7.22. The topological polar surface area (TPSA) is 68.3 Å². The van der Waals surface area contributed by atoms with Crippen molar-refractivity contribution in [1.82, 2.24) is 4.98 Å². The van der Waals surface area contributed by atoms with Crippen molar-refractivity contribution < 1.29 is 14.3 Å². The number of nitrogens with one attached hydrogen (secondary N) is 1. The zero-order valence-electron chi connectivity index (χ0n) is 14.9. The van der Waals surface area contributed by atoms with E-state index in [1.807, 2.05) is 25.1 Å². The van der Waals surface area contributed by atoms with Crippen LogP contribution in [0.2, 0.25) is 0 Å². The van der Waals surface area contributed by atoms with Crippen molar-refractivity contribution in [3.63, 3.8) is 0 Å². The first-order valence-corrected chi connectivity index (χ1v) is 9.34. The average molecular weight is 358 g/mol. The van der Waals surface area contributed by atoms with Crippen LogP contribution in [0.25, 0.3) is 10.2 Å². The number of anilines is 1. The quantitative estimate of drug-likeness (QED) is 0.899. The number of hydrogen-bond acceptors (Lipinski definition) is 5. The van der Waals surface area contributed by atoms with Crippen LogP contribution in [0.1, 0.15) is 40.0 Å². The maximum atomic E-state index is 13.2. The lowest BCUT2D eigenvalue weighted by Gasteiger charge is -2.38. The SMILES string of the molecule is COc1ccc2nc(NC(=O)[C@]34CC[C@](C)(C(=O)C3)C4(C)C)sc2c1. The molecule has 4 rings (SSSR count). The molecule has 1 heterocycles. The number of ether oxygens (including phenoxy) is 1. The first kappa shape index (κ1) is 16.5. The van der Waals surface area contributed by atoms with Crippen LogP contribution in [0, 0.1) is 16.2 Å². The fourth-order valence-corrected chi connectivity index (χ4v) is 5.55. The molecule has 6 heteroatoms. The van der Waals surface area contributed by atoms with Gasteiger partial charge in [0.15, 0.2) is 5.13 Å². The third-order valence-electron chi connectivity index (χ3n) is 6.96. The minimum absolute atomic E-state index is 0.0712. The fourth-order valence-electron chi connectivity index (χ4n) is 4.66. The molecule has 1 aromatic heterocycles. The van der Waals surface area contributed by atoms with Gasteiger partial charge in [-0.15, -0.1) is 0 Å². The van der Waals surface area contributed by atoms with Crippen molar-refractivity contribution in [3.05, 3.63) is 18.2 Å². The summed E-state index contributed by atoms with van der Waals surface area (Å²) in [4.78, 5) is 30.2. The molecule has 0 aliphatic heterocycles. The standard InChI is InChI=1S/C19H22N2O3S/c1-17(2)18(3)7-8-19(17,10-14(18)22)15(23)21-16-20-12-6-5-11(24-4)9-13(12)25-16/h5-6,9H,7-8,10H2,1-4H3,(H,20,21,23)/t18-,19+/m1/s1. The molecule has 0 spiro atoms. The molecule has 2 aliphatic carbocycles. The molecule has 5 nitrogen and oxygen atoms in total. The van der Waals surface area contributed by atoms with Crippen molar-refractivity contribution >= 4 is 38.4 Å². The van der Waals surface area contributed by atoms with Crippen LogP contribution in [-0.4, -0.2) is 23.8 Å². The summed E-state index contributed by atoms with van der Waals surface area (Å²) in [5, 5.41) is 3.57. The summed E-state index contributed by atoms with van der Waals surface area (Å²) in [5.74, 6) is 0.910. The van der Waals surface area contributed by atoms with E-state index in [1.165, 1.54) is 11.3 Å². The molecule has 2 atom stereocenters. The van der Waals surface area contributed by atoms with Crippen molar-refractivity contribution in [2.45, 2.75) is 40.0 Å². The molecular formula is C19H22N2O3S. The van der Waals surface area contributed by atoms with Gasteiger partial charge in [-0.2, -0.15) is 0 Å². The van der Waals surface area contributed by atoms with Crippen LogP contribution in [0.5, 0.6) is 5.75 Å². The highest BCUT2D eigenvalue weighted by atomic mass is 32.1. The van der Waals surface area contributed by atoms with Crippen LogP contribution in [0.4, 0.5) is 5.13 Å². The Morgan fingerprint density at radius 3 is 2.64 bits per heavy atom. The van der Waals surface area contributed by atoms with Crippen LogP contribution in [-0.2, 0) is 9.59 Å². The number of amides is 1. The molecule has 25 heavy (non-hydrogen) atoms. The predicted octanol–water partition coefficient (Wildman–Crippen LogP) is 4.03. The molecule has 1 aromatic carbocycles. The largest absolute Gasteiger partial charge is 0.497 e. The Labute approximate surface area is 150 Å². The Morgan fingerprint density at radius 1 is 1.28 bits per heavy atom. The van der Waals surface area contributed by atoms with Crippen LogP contribution < -0.4 is 10.1 Å². The summed E-state index contributed by atoms with van der Waals surface area (Å²) in [6, 6.07) is 5.65. The number of thiazole rings is 1. The Hall–Kier alpha value is -1.95. The minimum atomic E-state index is -0.631. The van der Waals surface area contributed by atoms with E-state index in [4.69, 9.17) is 4.74 Å².